The van der Waals surface area contributed by atoms with Crippen LogP contribution >= 0.6 is 0 Å². The minimum Gasteiger partial charge on any atom is -0.504 e. The smallest absolute Gasteiger partial charge is 0.237 e. The van der Waals surface area contributed by atoms with Crippen molar-refractivity contribution in [3.8, 4) is 11.5 Å². The maximum Gasteiger partial charge on any atom is 0.237 e. The average Bonchev–Trinajstić information content (AvgIpc) is 2.40. The Morgan fingerprint density at radius 2 is 2.00 bits per heavy atom. The highest BCUT2D eigenvalue weighted by atomic mass is 16.3. The van der Waals surface area contributed by atoms with Gasteiger partial charge in [0.05, 0.1) is 6.04 Å². The number of rotatable bonds is 7. The molecule has 0 aliphatic carbocycles. The third kappa shape index (κ3) is 6.01. The highest BCUT2D eigenvalue weighted by Gasteiger charge is 2.17. The van der Waals surface area contributed by atoms with E-state index in [1.807, 2.05) is 21.0 Å². The van der Waals surface area contributed by atoms with E-state index < -0.39 is 6.04 Å². The number of nitrogens with one attached hydrogen (secondary N) is 1. The van der Waals surface area contributed by atoms with Crippen LogP contribution in [-0.2, 0) is 11.2 Å². The van der Waals surface area contributed by atoms with Crippen molar-refractivity contribution in [1.29, 1.82) is 0 Å². The van der Waals surface area contributed by atoms with Gasteiger partial charge in [0, 0.05) is 6.04 Å². The fourth-order valence-corrected chi connectivity index (χ4v) is 1.92. The highest BCUT2D eigenvalue weighted by molar-refractivity contribution is 5.82. The number of benzene rings is 1. The highest BCUT2D eigenvalue weighted by Crippen LogP contribution is 2.25. The van der Waals surface area contributed by atoms with Crippen molar-refractivity contribution in [2.75, 3.05) is 20.6 Å². The SMILES string of the molecule is CC(CCN(C)C)NC(=O)[C@@H](N)Cc1ccc(O)c(O)c1. The van der Waals surface area contributed by atoms with Crippen LogP contribution < -0.4 is 11.1 Å². The van der Waals surface area contributed by atoms with Crippen LogP contribution in [-0.4, -0.2) is 53.7 Å². The Balaban J connectivity index is 2.48. The van der Waals surface area contributed by atoms with Crippen LogP contribution in [0.1, 0.15) is 18.9 Å². The van der Waals surface area contributed by atoms with Crippen molar-refractivity contribution < 1.29 is 15.0 Å². The van der Waals surface area contributed by atoms with Gasteiger partial charge in [0.25, 0.3) is 0 Å². The Hall–Kier alpha value is -1.79. The largest absolute Gasteiger partial charge is 0.504 e. The first-order valence-electron chi connectivity index (χ1n) is 7.01. The van der Waals surface area contributed by atoms with Crippen molar-refractivity contribution in [2.45, 2.75) is 31.8 Å². The first-order valence-corrected chi connectivity index (χ1v) is 7.01. The topological polar surface area (TPSA) is 98.8 Å². The number of aromatic hydroxyl groups is 2. The quantitative estimate of drug-likeness (QED) is 0.547. The zero-order valence-corrected chi connectivity index (χ0v) is 12.8. The molecule has 1 rings (SSSR count). The van der Waals surface area contributed by atoms with Gasteiger partial charge in [0.1, 0.15) is 0 Å². The van der Waals surface area contributed by atoms with E-state index in [1.54, 1.807) is 6.07 Å². The van der Waals surface area contributed by atoms with Gasteiger partial charge in [-0.2, -0.15) is 0 Å². The second kappa shape index (κ2) is 7.85. The molecule has 0 spiro atoms. The van der Waals surface area contributed by atoms with Gasteiger partial charge in [-0.3, -0.25) is 4.79 Å². The van der Waals surface area contributed by atoms with Crippen LogP contribution in [0.5, 0.6) is 11.5 Å². The molecule has 0 heterocycles. The third-order valence-electron chi connectivity index (χ3n) is 3.23. The first kappa shape index (κ1) is 17.3. The molecule has 5 N–H and O–H groups in total. The standard InChI is InChI=1S/C15H25N3O3/c1-10(6-7-18(2)3)17-15(21)12(16)8-11-4-5-13(19)14(20)9-11/h4-5,9-10,12,19-20H,6-8,16H2,1-3H3,(H,17,21)/t10?,12-/m0/s1. The number of nitrogens with zero attached hydrogens (tertiary/aromatic N) is 1. The van der Waals surface area contributed by atoms with Crippen molar-refractivity contribution in [3.63, 3.8) is 0 Å². The lowest BCUT2D eigenvalue weighted by molar-refractivity contribution is -0.123. The Labute approximate surface area is 125 Å². The Morgan fingerprint density at radius 3 is 2.57 bits per heavy atom. The molecular weight excluding hydrogens is 270 g/mol. The van der Waals surface area contributed by atoms with Gasteiger partial charge >= 0.3 is 0 Å². The zero-order chi connectivity index (χ0) is 16.0. The third-order valence-corrected chi connectivity index (χ3v) is 3.23. The van der Waals surface area contributed by atoms with Crippen molar-refractivity contribution in [3.05, 3.63) is 23.8 Å². The summed E-state index contributed by atoms with van der Waals surface area (Å²) in [6.45, 7) is 2.84. The number of phenolic OH excluding ortho intramolecular Hbond substituents is 2. The van der Waals surface area contributed by atoms with Crippen LogP contribution in [0.15, 0.2) is 18.2 Å². The molecule has 2 atom stereocenters. The molecular formula is C15H25N3O3. The van der Waals surface area contributed by atoms with E-state index in [0.29, 0.717) is 12.0 Å². The molecule has 1 aromatic rings. The first-order chi connectivity index (χ1) is 9.79. The van der Waals surface area contributed by atoms with Crippen LogP contribution in [0.3, 0.4) is 0 Å². The molecule has 0 aromatic heterocycles. The van der Waals surface area contributed by atoms with Gasteiger partial charge in [-0.1, -0.05) is 6.07 Å². The van der Waals surface area contributed by atoms with Gasteiger partial charge < -0.3 is 26.2 Å². The van der Waals surface area contributed by atoms with Crippen molar-refractivity contribution in [2.24, 2.45) is 5.73 Å². The second-order valence-corrected chi connectivity index (χ2v) is 5.64. The summed E-state index contributed by atoms with van der Waals surface area (Å²) in [5.41, 5.74) is 6.58. The van der Waals surface area contributed by atoms with Crippen LogP contribution in [0.25, 0.3) is 0 Å². The van der Waals surface area contributed by atoms with E-state index in [1.165, 1.54) is 12.1 Å². The summed E-state index contributed by atoms with van der Waals surface area (Å²) >= 11 is 0. The Morgan fingerprint density at radius 1 is 1.33 bits per heavy atom. The van der Waals surface area contributed by atoms with Crippen LogP contribution in [0.2, 0.25) is 0 Å². The van der Waals surface area contributed by atoms with Crippen LogP contribution in [0.4, 0.5) is 0 Å². The maximum atomic E-state index is 12.0. The van der Waals surface area contributed by atoms with Crippen LogP contribution in [0, 0.1) is 0 Å². The lowest BCUT2D eigenvalue weighted by Crippen LogP contribution is -2.46. The number of amides is 1. The summed E-state index contributed by atoms with van der Waals surface area (Å²) in [5.74, 6) is -0.609. The molecule has 1 unspecified atom stereocenters. The summed E-state index contributed by atoms with van der Waals surface area (Å²) < 4.78 is 0. The van der Waals surface area contributed by atoms with Gasteiger partial charge in [0.2, 0.25) is 5.91 Å². The molecule has 1 amide bonds. The molecule has 1 aromatic carbocycles. The molecule has 0 aliphatic heterocycles. The molecule has 118 valence electrons. The van der Waals surface area contributed by atoms with E-state index >= 15 is 0 Å². The number of hydrogen-bond acceptors (Lipinski definition) is 5. The van der Waals surface area contributed by atoms with Gasteiger partial charge in [-0.05, 0) is 58.1 Å². The van der Waals surface area contributed by atoms with Crippen molar-refractivity contribution in [1.82, 2.24) is 10.2 Å². The minimum absolute atomic E-state index is 0.0548. The molecule has 21 heavy (non-hydrogen) atoms. The van der Waals surface area contributed by atoms with E-state index in [4.69, 9.17) is 5.73 Å². The average molecular weight is 295 g/mol. The lowest BCUT2D eigenvalue weighted by atomic mass is 10.0. The maximum absolute atomic E-state index is 12.0. The number of nitrogens with two attached hydrogens (primary N) is 1. The molecule has 6 nitrogen and oxygen atoms in total. The van der Waals surface area contributed by atoms with Gasteiger partial charge in [-0.25, -0.2) is 0 Å². The summed E-state index contributed by atoms with van der Waals surface area (Å²) in [6.07, 6.45) is 1.16. The number of carbonyl (C=O) groups excluding carboxylic acids is 1. The molecule has 0 fully saturated rings. The summed E-state index contributed by atoms with van der Waals surface area (Å²) in [7, 11) is 3.97. The monoisotopic (exact) mass is 295 g/mol. The second-order valence-electron chi connectivity index (χ2n) is 5.64. The van der Waals surface area contributed by atoms with Gasteiger partial charge in [0.15, 0.2) is 11.5 Å². The van der Waals surface area contributed by atoms with E-state index in [2.05, 4.69) is 10.2 Å². The van der Waals surface area contributed by atoms with E-state index in [-0.39, 0.29) is 23.4 Å². The summed E-state index contributed by atoms with van der Waals surface area (Å²) in [6, 6.07) is 3.81. The normalized spacial score (nSPS) is 14.0. The number of phenols is 2. The Kier molecular flexibility index (Phi) is 6.45. The molecule has 6 heteroatoms. The number of hydrogen-bond donors (Lipinski definition) is 4. The number of carbonyl (C=O) groups is 1. The van der Waals surface area contributed by atoms with E-state index in [0.717, 1.165) is 13.0 Å². The molecule has 0 saturated carbocycles. The van der Waals surface area contributed by atoms with E-state index in [9.17, 15) is 15.0 Å². The van der Waals surface area contributed by atoms with Crippen molar-refractivity contribution >= 4 is 5.91 Å². The predicted molar refractivity (Wildman–Crippen MR) is 82.2 cm³/mol. The molecule has 0 radical (unpaired) electrons. The molecule has 0 saturated heterocycles. The zero-order valence-electron chi connectivity index (χ0n) is 12.8. The molecule has 0 bridgehead atoms. The minimum atomic E-state index is -0.684. The fraction of sp³-hybridized carbons (Fsp3) is 0.533. The molecule has 0 aliphatic rings. The summed E-state index contributed by atoms with van der Waals surface area (Å²) in [4.78, 5) is 14.1. The lowest BCUT2D eigenvalue weighted by Gasteiger charge is -2.19. The van der Waals surface area contributed by atoms with Gasteiger partial charge in [-0.15, -0.1) is 0 Å². The summed E-state index contributed by atoms with van der Waals surface area (Å²) in [5, 5.41) is 21.5. The Bertz CT molecular complexity index is 477. The fourth-order valence-electron chi connectivity index (χ4n) is 1.92. The predicted octanol–water partition coefficient (Wildman–Crippen LogP) is 0.424.